The standard InChI is InChI=1S/C16H25F3N2O/c1-15(2,3)21(11-10-20(4)5)12-13-6-8-14(9-7-13)22-16(17,18)19/h6-9H,10-12H2,1-5H3. The molecule has 1 rings (SSSR count). The van der Waals surface area contributed by atoms with Crippen LogP contribution in [0.3, 0.4) is 0 Å². The second-order valence-corrected chi connectivity index (χ2v) is 6.59. The molecule has 0 bridgehead atoms. The van der Waals surface area contributed by atoms with E-state index in [1.54, 1.807) is 12.1 Å². The molecular formula is C16H25F3N2O. The van der Waals surface area contributed by atoms with Gasteiger partial charge in [-0.2, -0.15) is 0 Å². The fraction of sp³-hybridized carbons (Fsp3) is 0.625. The van der Waals surface area contributed by atoms with Crippen LogP contribution in [0.25, 0.3) is 0 Å². The lowest BCUT2D eigenvalue weighted by molar-refractivity contribution is -0.274. The molecule has 0 aromatic heterocycles. The van der Waals surface area contributed by atoms with Crippen LogP contribution in [0.2, 0.25) is 0 Å². The lowest BCUT2D eigenvalue weighted by atomic mass is 10.0. The maximum absolute atomic E-state index is 12.1. The average molecular weight is 318 g/mol. The van der Waals surface area contributed by atoms with E-state index in [1.165, 1.54) is 12.1 Å². The third-order valence-corrected chi connectivity index (χ3v) is 3.30. The van der Waals surface area contributed by atoms with Crippen molar-refractivity contribution in [1.29, 1.82) is 0 Å². The maximum atomic E-state index is 12.1. The zero-order valence-electron chi connectivity index (χ0n) is 13.9. The highest BCUT2D eigenvalue weighted by molar-refractivity contribution is 5.27. The molecule has 0 heterocycles. The molecule has 6 heteroatoms. The molecule has 0 saturated heterocycles. The van der Waals surface area contributed by atoms with Crippen LogP contribution in [-0.4, -0.2) is 48.9 Å². The number of alkyl halides is 3. The van der Waals surface area contributed by atoms with Gasteiger partial charge in [0, 0.05) is 25.2 Å². The van der Waals surface area contributed by atoms with E-state index in [-0.39, 0.29) is 11.3 Å². The summed E-state index contributed by atoms with van der Waals surface area (Å²) in [5.41, 5.74) is 0.945. The Balaban J connectivity index is 2.73. The van der Waals surface area contributed by atoms with Gasteiger partial charge >= 0.3 is 6.36 Å². The van der Waals surface area contributed by atoms with E-state index < -0.39 is 6.36 Å². The number of hydrogen-bond acceptors (Lipinski definition) is 3. The first-order valence-electron chi connectivity index (χ1n) is 7.22. The van der Waals surface area contributed by atoms with Crippen molar-refractivity contribution >= 4 is 0 Å². The van der Waals surface area contributed by atoms with E-state index in [9.17, 15) is 13.2 Å². The van der Waals surface area contributed by atoms with Crippen molar-refractivity contribution in [2.75, 3.05) is 27.2 Å². The van der Waals surface area contributed by atoms with Crippen LogP contribution in [0.15, 0.2) is 24.3 Å². The predicted molar refractivity (Wildman–Crippen MR) is 81.8 cm³/mol. The van der Waals surface area contributed by atoms with Gasteiger partial charge in [-0.05, 0) is 52.6 Å². The van der Waals surface area contributed by atoms with Crippen LogP contribution < -0.4 is 4.74 Å². The molecule has 1 aromatic carbocycles. The molecule has 0 N–H and O–H groups in total. The fourth-order valence-corrected chi connectivity index (χ4v) is 1.99. The van der Waals surface area contributed by atoms with Gasteiger partial charge in [0.1, 0.15) is 5.75 Å². The first-order valence-corrected chi connectivity index (χ1v) is 7.22. The second-order valence-electron chi connectivity index (χ2n) is 6.59. The van der Waals surface area contributed by atoms with Crippen molar-refractivity contribution in [2.24, 2.45) is 0 Å². The minimum atomic E-state index is -4.65. The SMILES string of the molecule is CN(C)CCN(Cc1ccc(OC(F)(F)F)cc1)C(C)(C)C. The highest BCUT2D eigenvalue weighted by Gasteiger charge is 2.31. The van der Waals surface area contributed by atoms with Crippen molar-refractivity contribution in [3.8, 4) is 5.75 Å². The predicted octanol–water partition coefficient (Wildman–Crippen LogP) is 3.75. The first-order chi connectivity index (χ1) is 9.97. The van der Waals surface area contributed by atoms with Gasteiger partial charge in [0.05, 0.1) is 0 Å². The molecule has 0 spiro atoms. The number of likely N-dealkylation sites (N-methyl/N-ethyl adjacent to an activating group) is 1. The average Bonchev–Trinajstić information content (AvgIpc) is 2.33. The molecule has 0 aliphatic rings. The van der Waals surface area contributed by atoms with Crippen LogP contribution in [-0.2, 0) is 6.54 Å². The molecular weight excluding hydrogens is 293 g/mol. The minimum Gasteiger partial charge on any atom is -0.406 e. The number of ether oxygens (including phenoxy) is 1. The Bertz CT molecular complexity index is 450. The summed E-state index contributed by atoms with van der Waals surface area (Å²) >= 11 is 0. The molecule has 126 valence electrons. The Morgan fingerprint density at radius 2 is 1.50 bits per heavy atom. The van der Waals surface area contributed by atoms with Crippen LogP contribution >= 0.6 is 0 Å². The highest BCUT2D eigenvalue weighted by atomic mass is 19.4. The minimum absolute atomic E-state index is 0.0167. The smallest absolute Gasteiger partial charge is 0.406 e. The molecule has 0 radical (unpaired) electrons. The quantitative estimate of drug-likeness (QED) is 0.794. The van der Waals surface area contributed by atoms with Crippen LogP contribution in [0, 0.1) is 0 Å². The van der Waals surface area contributed by atoms with Crippen molar-refractivity contribution in [2.45, 2.75) is 39.2 Å². The van der Waals surface area contributed by atoms with Gasteiger partial charge in [-0.15, -0.1) is 13.2 Å². The monoisotopic (exact) mass is 318 g/mol. The Labute approximate surface area is 130 Å². The summed E-state index contributed by atoms with van der Waals surface area (Å²) < 4.78 is 40.3. The molecule has 22 heavy (non-hydrogen) atoms. The van der Waals surface area contributed by atoms with E-state index in [4.69, 9.17) is 0 Å². The third-order valence-electron chi connectivity index (χ3n) is 3.30. The molecule has 1 aromatic rings. The molecule has 0 aliphatic carbocycles. The van der Waals surface area contributed by atoms with Gasteiger partial charge in [0.2, 0.25) is 0 Å². The Kier molecular flexibility index (Phi) is 6.26. The third kappa shape index (κ3) is 7.13. The van der Waals surface area contributed by atoms with Crippen LogP contribution in [0.4, 0.5) is 13.2 Å². The van der Waals surface area contributed by atoms with Crippen LogP contribution in [0.1, 0.15) is 26.3 Å². The van der Waals surface area contributed by atoms with E-state index in [2.05, 4.69) is 35.3 Å². The van der Waals surface area contributed by atoms with Gasteiger partial charge in [-0.3, -0.25) is 4.90 Å². The van der Waals surface area contributed by atoms with E-state index in [1.807, 2.05) is 14.1 Å². The topological polar surface area (TPSA) is 15.7 Å². The molecule has 0 fully saturated rings. The van der Waals surface area contributed by atoms with Crippen molar-refractivity contribution < 1.29 is 17.9 Å². The summed E-state index contributed by atoms with van der Waals surface area (Å²) in [7, 11) is 4.04. The number of benzene rings is 1. The van der Waals surface area contributed by atoms with E-state index >= 15 is 0 Å². The summed E-state index contributed by atoms with van der Waals surface area (Å²) in [6.45, 7) is 8.88. The highest BCUT2D eigenvalue weighted by Crippen LogP contribution is 2.24. The first kappa shape index (κ1) is 18.8. The van der Waals surface area contributed by atoms with E-state index in [0.29, 0.717) is 6.54 Å². The van der Waals surface area contributed by atoms with Gasteiger partial charge in [0.25, 0.3) is 0 Å². The normalized spacial score (nSPS) is 13.0. The maximum Gasteiger partial charge on any atom is 0.573 e. The van der Waals surface area contributed by atoms with Gasteiger partial charge in [-0.25, -0.2) is 0 Å². The number of nitrogens with zero attached hydrogens (tertiary/aromatic N) is 2. The summed E-state index contributed by atoms with van der Waals surface area (Å²) in [4.78, 5) is 4.41. The molecule has 0 amide bonds. The lowest BCUT2D eigenvalue weighted by Crippen LogP contribution is -2.44. The molecule has 3 nitrogen and oxygen atoms in total. The molecule has 0 saturated carbocycles. The number of rotatable bonds is 6. The van der Waals surface area contributed by atoms with Crippen molar-refractivity contribution in [1.82, 2.24) is 9.80 Å². The van der Waals surface area contributed by atoms with Gasteiger partial charge in [-0.1, -0.05) is 12.1 Å². The van der Waals surface area contributed by atoms with Gasteiger partial charge < -0.3 is 9.64 Å². The van der Waals surface area contributed by atoms with Crippen LogP contribution in [0.5, 0.6) is 5.75 Å². The van der Waals surface area contributed by atoms with Crippen molar-refractivity contribution in [3.05, 3.63) is 29.8 Å². The summed E-state index contributed by atoms with van der Waals surface area (Å²) in [6.07, 6.45) is -4.65. The van der Waals surface area contributed by atoms with Crippen molar-refractivity contribution in [3.63, 3.8) is 0 Å². The lowest BCUT2D eigenvalue weighted by Gasteiger charge is -2.36. The Hall–Kier alpha value is -1.27. The number of halogens is 3. The second kappa shape index (κ2) is 7.33. The Morgan fingerprint density at radius 1 is 0.955 bits per heavy atom. The number of hydrogen-bond donors (Lipinski definition) is 0. The largest absolute Gasteiger partial charge is 0.573 e. The molecule has 0 unspecified atom stereocenters. The molecule has 0 atom stereocenters. The zero-order chi connectivity index (χ0) is 17.0. The summed E-state index contributed by atoms with van der Waals surface area (Å²) in [5.74, 6) is -0.188. The summed E-state index contributed by atoms with van der Waals surface area (Å²) in [5, 5.41) is 0. The summed E-state index contributed by atoms with van der Waals surface area (Å²) in [6, 6.07) is 6.07. The zero-order valence-corrected chi connectivity index (χ0v) is 13.9. The fourth-order valence-electron chi connectivity index (χ4n) is 1.99. The Morgan fingerprint density at radius 3 is 1.91 bits per heavy atom. The van der Waals surface area contributed by atoms with E-state index in [0.717, 1.165) is 18.7 Å². The molecule has 0 aliphatic heterocycles. The van der Waals surface area contributed by atoms with Gasteiger partial charge in [0.15, 0.2) is 0 Å².